The summed E-state index contributed by atoms with van der Waals surface area (Å²) >= 11 is 0. The van der Waals surface area contributed by atoms with Crippen molar-refractivity contribution in [2.24, 2.45) is 0 Å². The van der Waals surface area contributed by atoms with Crippen molar-refractivity contribution in [3.8, 4) is 22.3 Å². The van der Waals surface area contributed by atoms with E-state index < -0.39 is 0 Å². The predicted molar refractivity (Wildman–Crippen MR) is 217 cm³/mol. The van der Waals surface area contributed by atoms with Crippen molar-refractivity contribution in [2.75, 3.05) is 0 Å². The Bertz CT molecular complexity index is 3100. The van der Waals surface area contributed by atoms with Gasteiger partial charge >= 0.3 is 0 Å². The van der Waals surface area contributed by atoms with Crippen molar-refractivity contribution in [2.45, 2.75) is 0 Å². The minimum Gasteiger partial charge on any atom is -0.0610 e. The molecule has 0 aliphatic carbocycles. The van der Waals surface area contributed by atoms with Gasteiger partial charge in [-0.3, -0.25) is 0 Å². The van der Waals surface area contributed by atoms with Crippen LogP contribution in [0, 0.1) is 0 Å². The number of hydrogen-bond donors (Lipinski definition) is 0. The summed E-state index contributed by atoms with van der Waals surface area (Å²) in [5.41, 5.74) is 5.09. The maximum atomic E-state index is 2.38. The lowest BCUT2D eigenvalue weighted by Crippen LogP contribution is -1.88. The third-order valence-corrected chi connectivity index (χ3v) is 11.5. The minimum atomic E-state index is 1.26. The van der Waals surface area contributed by atoms with Crippen LogP contribution in [0.15, 0.2) is 170 Å². The Morgan fingerprint density at radius 2 is 0.520 bits per heavy atom. The molecule has 0 bridgehead atoms. The normalized spacial score (nSPS) is 12.4. The molecule has 0 nitrogen and oxygen atoms in total. The van der Waals surface area contributed by atoms with Gasteiger partial charge in [-0.25, -0.2) is 0 Å². The van der Waals surface area contributed by atoms with E-state index in [4.69, 9.17) is 0 Å². The summed E-state index contributed by atoms with van der Waals surface area (Å²) in [7, 11) is 0. The molecule has 12 aromatic rings. The first-order valence-corrected chi connectivity index (χ1v) is 17.5. The summed E-state index contributed by atoms with van der Waals surface area (Å²) in [5.74, 6) is 0. The van der Waals surface area contributed by atoms with Gasteiger partial charge in [-0.05, 0) is 131 Å². The van der Waals surface area contributed by atoms with Crippen LogP contribution in [0.5, 0.6) is 0 Å². The van der Waals surface area contributed by atoms with E-state index in [1.807, 2.05) is 0 Å². The highest BCUT2D eigenvalue weighted by molar-refractivity contribution is 6.27. The van der Waals surface area contributed by atoms with E-state index in [1.165, 1.54) is 119 Å². The molecule has 0 radical (unpaired) electrons. The summed E-state index contributed by atoms with van der Waals surface area (Å²) in [6.07, 6.45) is 0. The lowest BCUT2D eigenvalue weighted by atomic mass is 9.88. The molecule has 50 heavy (non-hydrogen) atoms. The molecule has 0 N–H and O–H groups in total. The van der Waals surface area contributed by atoms with Crippen molar-refractivity contribution in [3.63, 3.8) is 0 Å². The second-order valence-electron chi connectivity index (χ2n) is 14.0. The molecule has 0 saturated carbocycles. The molecule has 0 atom stereocenters. The van der Waals surface area contributed by atoms with Crippen LogP contribution in [0.3, 0.4) is 0 Å². The van der Waals surface area contributed by atoms with Crippen LogP contribution in [0.1, 0.15) is 0 Å². The topological polar surface area (TPSA) is 0 Å². The van der Waals surface area contributed by atoms with Gasteiger partial charge in [0.25, 0.3) is 0 Å². The molecule has 12 aromatic carbocycles. The van der Waals surface area contributed by atoms with Crippen LogP contribution in [0.25, 0.3) is 119 Å². The summed E-state index contributed by atoms with van der Waals surface area (Å²) < 4.78 is 0. The Morgan fingerprint density at radius 3 is 0.960 bits per heavy atom. The van der Waals surface area contributed by atoms with Crippen LogP contribution in [0.2, 0.25) is 0 Å². The van der Waals surface area contributed by atoms with Crippen molar-refractivity contribution < 1.29 is 0 Å². The largest absolute Gasteiger partial charge is 0.0610 e. The van der Waals surface area contributed by atoms with E-state index in [0.29, 0.717) is 0 Å². The summed E-state index contributed by atoms with van der Waals surface area (Å²) in [6, 6.07) is 63.9. The molecule has 0 fully saturated rings. The van der Waals surface area contributed by atoms with E-state index in [2.05, 4.69) is 170 Å². The lowest BCUT2D eigenvalue weighted by Gasteiger charge is -2.15. The summed E-state index contributed by atoms with van der Waals surface area (Å²) in [5, 5.41) is 23.6. The van der Waals surface area contributed by atoms with Gasteiger partial charge in [-0.15, -0.1) is 0 Å². The molecule has 0 amide bonds. The number of rotatable bonds is 2. The van der Waals surface area contributed by atoms with Crippen LogP contribution in [0.4, 0.5) is 0 Å². The molecular formula is C50H28. The maximum Gasteiger partial charge on any atom is -0.00206 e. The van der Waals surface area contributed by atoms with Crippen LogP contribution in [-0.4, -0.2) is 0 Å². The Kier molecular flexibility index (Phi) is 5.06. The fraction of sp³-hybridized carbons (Fsp3) is 0. The smallest absolute Gasteiger partial charge is 0.00206 e. The van der Waals surface area contributed by atoms with E-state index in [1.54, 1.807) is 0 Å². The number of benzene rings is 12. The third kappa shape index (κ3) is 3.50. The monoisotopic (exact) mass is 628 g/mol. The zero-order valence-electron chi connectivity index (χ0n) is 27.2. The average Bonchev–Trinajstić information content (AvgIpc) is 3.18. The molecule has 0 aliphatic rings. The Labute approximate surface area is 288 Å². The standard InChI is InChI=1S/C50H28/c1-3-29-7-9-33-11-19-41(45-25-13-31(5-1)47(29)49(33)45)37-15-21-39-35(27-37)17-23-44-40-22-16-38(28-36(40)18-24-43(39)44)42-20-12-34-10-8-30-4-2-6-32-14-26-46(42)50(34)48(30)32/h1-28H. The van der Waals surface area contributed by atoms with Gasteiger partial charge in [-0.2, -0.15) is 0 Å². The quantitative estimate of drug-likeness (QED) is 0.167. The molecule has 0 saturated heterocycles. The summed E-state index contributed by atoms with van der Waals surface area (Å²) in [4.78, 5) is 0. The second-order valence-corrected chi connectivity index (χ2v) is 14.0. The average molecular weight is 629 g/mol. The molecular weight excluding hydrogens is 601 g/mol. The van der Waals surface area contributed by atoms with Crippen molar-refractivity contribution in [1.82, 2.24) is 0 Å². The fourth-order valence-electron chi connectivity index (χ4n) is 9.20. The Hall–Kier alpha value is -6.50. The van der Waals surface area contributed by atoms with Gasteiger partial charge in [0.2, 0.25) is 0 Å². The predicted octanol–water partition coefficient (Wildman–Crippen LogP) is 14.3. The highest BCUT2D eigenvalue weighted by Gasteiger charge is 2.15. The van der Waals surface area contributed by atoms with Crippen LogP contribution >= 0.6 is 0 Å². The van der Waals surface area contributed by atoms with Crippen LogP contribution in [-0.2, 0) is 0 Å². The van der Waals surface area contributed by atoms with Gasteiger partial charge in [0.15, 0.2) is 0 Å². The zero-order valence-corrected chi connectivity index (χ0v) is 27.2. The Morgan fingerprint density at radius 1 is 0.200 bits per heavy atom. The minimum absolute atomic E-state index is 1.26. The molecule has 0 aromatic heterocycles. The molecule has 0 spiro atoms. The summed E-state index contributed by atoms with van der Waals surface area (Å²) in [6.45, 7) is 0. The van der Waals surface area contributed by atoms with Crippen molar-refractivity contribution >= 4 is 97.0 Å². The number of fused-ring (bicyclic) bond motifs is 5. The maximum absolute atomic E-state index is 2.38. The first kappa shape index (κ1) is 26.5. The lowest BCUT2D eigenvalue weighted by molar-refractivity contribution is 1.70. The highest BCUT2D eigenvalue weighted by atomic mass is 14.2. The highest BCUT2D eigenvalue weighted by Crippen LogP contribution is 2.43. The third-order valence-electron chi connectivity index (χ3n) is 11.5. The van der Waals surface area contributed by atoms with Gasteiger partial charge in [0.1, 0.15) is 0 Å². The zero-order chi connectivity index (χ0) is 32.5. The first-order chi connectivity index (χ1) is 24.8. The van der Waals surface area contributed by atoms with Gasteiger partial charge in [0, 0.05) is 0 Å². The molecule has 228 valence electrons. The van der Waals surface area contributed by atoms with Gasteiger partial charge in [0.05, 0.1) is 0 Å². The molecule has 0 aliphatic heterocycles. The first-order valence-electron chi connectivity index (χ1n) is 17.5. The van der Waals surface area contributed by atoms with Crippen LogP contribution < -0.4 is 0 Å². The van der Waals surface area contributed by atoms with Crippen molar-refractivity contribution in [1.29, 1.82) is 0 Å². The number of hydrogen-bond acceptors (Lipinski definition) is 0. The second kappa shape index (κ2) is 9.56. The SMILES string of the molecule is c1cc2ccc3ccc(-c4ccc5c(ccc6c7ccc(-c8ccc9ccc%10cccc%11ccc8c9c%10%11)cc7ccc56)c4)c4ccc(c1)c2c34. The Balaban J connectivity index is 1.00. The van der Waals surface area contributed by atoms with E-state index in [-0.39, 0.29) is 0 Å². The molecule has 12 rings (SSSR count). The molecule has 0 unspecified atom stereocenters. The fourth-order valence-corrected chi connectivity index (χ4v) is 9.20. The molecule has 0 heterocycles. The van der Waals surface area contributed by atoms with E-state index >= 15 is 0 Å². The van der Waals surface area contributed by atoms with E-state index in [9.17, 15) is 0 Å². The van der Waals surface area contributed by atoms with Gasteiger partial charge in [-0.1, -0.05) is 158 Å². The molecule has 0 heteroatoms. The van der Waals surface area contributed by atoms with Gasteiger partial charge < -0.3 is 0 Å². The van der Waals surface area contributed by atoms with Crippen molar-refractivity contribution in [3.05, 3.63) is 170 Å². The van der Waals surface area contributed by atoms with E-state index in [0.717, 1.165) is 0 Å².